The summed E-state index contributed by atoms with van der Waals surface area (Å²) in [5.74, 6) is -0.208. The monoisotopic (exact) mass is 313 g/mol. The van der Waals surface area contributed by atoms with E-state index < -0.39 is 9.84 Å². The van der Waals surface area contributed by atoms with Crippen LogP contribution in [-0.4, -0.2) is 31.6 Å². The van der Waals surface area contributed by atoms with Crippen LogP contribution in [0.3, 0.4) is 0 Å². The zero-order valence-electron chi connectivity index (χ0n) is 12.9. The topological polar surface area (TPSA) is 102 Å². The third-order valence-electron chi connectivity index (χ3n) is 2.72. The quantitative estimate of drug-likeness (QED) is 0.859. The number of amides is 1. The number of pyridine rings is 1. The molecule has 1 rings (SSSR count). The Bertz CT molecular complexity index is 589. The number of carbonyl (C=O) groups excluding carboxylic acids is 1. The van der Waals surface area contributed by atoms with Crippen molar-refractivity contribution in [3.63, 3.8) is 0 Å². The van der Waals surface area contributed by atoms with Crippen LogP contribution in [-0.2, 0) is 14.6 Å². The van der Waals surface area contributed by atoms with Gasteiger partial charge in [-0.15, -0.1) is 0 Å². The normalized spacial score (nSPS) is 13.8. The zero-order chi connectivity index (χ0) is 16.3. The number of nitrogens with zero attached hydrogens (tertiary/aromatic N) is 1. The average Bonchev–Trinajstić information content (AvgIpc) is 2.25. The average molecular weight is 313 g/mol. The number of sulfone groups is 1. The fourth-order valence-corrected chi connectivity index (χ4v) is 2.54. The Morgan fingerprint density at radius 1 is 1.38 bits per heavy atom. The molecule has 1 amide bonds. The molecule has 3 N–H and O–H groups in total. The van der Waals surface area contributed by atoms with Crippen LogP contribution >= 0.6 is 0 Å². The van der Waals surface area contributed by atoms with E-state index in [9.17, 15) is 13.2 Å². The number of nitrogens with one attached hydrogen (secondary N) is 1. The second kappa shape index (κ2) is 6.53. The molecule has 1 heterocycles. The molecular weight excluding hydrogens is 290 g/mol. The van der Waals surface area contributed by atoms with E-state index in [-0.39, 0.29) is 28.8 Å². The molecule has 118 valence electrons. The van der Waals surface area contributed by atoms with Crippen LogP contribution in [0.2, 0.25) is 0 Å². The minimum absolute atomic E-state index is 0.0232. The number of rotatable bonds is 5. The fraction of sp³-hybridized carbons (Fsp3) is 0.571. The van der Waals surface area contributed by atoms with E-state index in [1.807, 2.05) is 0 Å². The number of aromatic nitrogens is 1. The summed E-state index contributed by atoms with van der Waals surface area (Å²) in [4.78, 5) is 15.7. The molecule has 0 radical (unpaired) electrons. The van der Waals surface area contributed by atoms with Crippen molar-refractivity contribution in [2.75, 3.05) is 11.6 Å². The first kappa shape index (κ1) is 17.6. The van der Waals surface area contributed by atoms with Gasteiger partial charge in [-0.3, -0.25) is 4.79 Å². The van der Waals surface area contributed by atoms with E-state index >= 15 is 0 Å². The molecule has 0 spiro atoms. The summed E-state index contributed by atoms with van der Waals surface area (Å²) in [7, 11) is -3.33. The van der Waals surface area contributed by atoms with E-state index in [0.29, 0.717) is 5.69 Å². The van der Waals surface area contributed by atoms with E-state index in [4.69, 9.17) is 5.73 Å². The fourth-order valence-electron chi connectivity index (χ4n) is 1.98. The Morgan fingerprint density at radius 3 is 2.43 bits per heavy atom. The highest BCUT2D eigenvalue weighted by Gasteiger charge is 2.18. The molecule has 1 unspecified atom stereocenters. The lowest BCUT2D eigenvalue weighted by molar-refractivity contribution is -0.116. The number of nitrogens with two attached hydrogens (primary N) is 1. The molecule has 7 heteroatoms. The van der Waals surface area contributed by atoms with Crippen LogP contribution in [0.1, 0.15) is 33.6 Å². The molecule has 0 saturated carbocycles. The number of hydrogen-bond donors (Lipinski definition) is 2. The van der Waals surface area contributed by atoms with Gasteiger partial charge in [0.1, 0.15) is 0 Å². The first-order valence-corrected chi connectivity index (χ1v) is 8.58. The van der Waals surface area contributed by atoms with Crippen LogP contribution in [0.4, 0.5) is 5.69 Å². The summed E-state index contributed by atoms with van der Waals surface area (Å²) in [6.45, 7) is 6.20. The molecule has 1 aromatic rings. The predicted molar refractivity (Wildman–Crippen MR) is 82.6 cm³/mol. The molecule has 0 aliphatic rings. The van der Waals surface area contributed by atoms with Crippen LogP contribution in [0.25, 0.3) is 0 Å². The molecule has 6 nitrogen and oxygen atoms in total. The second-order valence-electron chi connectivity index (χ2n) is 6.43. The summed E-state index contributed by atoms with van der Waals surface area (Å²) in [6, 6.07) is 2.66. The van der Waals surface area contributed by atoms with Crippen molar-refractivity contribution in [1.82, 2.24) is 4.98 Å². The maximum atomic E-state index is 11.9. The summed E-state index contributed by atoms with van der Waals surface area (Å²) in [5, 5.41) is 2.64. The van der Waals surface area contributed by atoms with Gasteiger partial charge in [0.15, 0.2) is 14.9 Å². The van der Waals surface area contributed by atoms with Gasteiger partial charge in [-0.2, -0.15) is 0 Å². The van der Waals surface area contributed by atoms with Gasteiger partial charge < -0.3 is 11.1 Å². The second-order valence-corrected chi connectivity index (χ2v) is 8.40. The van der Waals surface area contributed by atoms with Crippen LogP contribution in [0.5, 0.6) is 0 Å². The Labute approximate surface area is 126 Å². The first-order valence-electron chi connectivity index (χ1n) is 6.69. The van der Waals surface area contributed by atoms with Gasteiger partial charge in [-0.25, -0.2) is 13.4 Å². The summed E-state index contributed by atoms with van der Waals surface area (Å²) >= 11 is 0. The standard InChI is InChI=1S/C14H23N3O3S/c1-14(2,3)8-10(15)7-12(18)17-11-5-6-13(16-9-11)21(4,19)20/h5-6,9-10H,7-8,15H2,1-4H3,(H,17,18). The highest BCUT2D eigenvalue weighted by molar-refractivity contribution is 7.90. The summed E-state index contributed by atoms with van der Waals surface area (Å²) in [5.41, 5.74) is 6.46. The summed E-state index contributed by atoms with van der Waals surface area (Å²) in [6.07, 6.45) is 3.36. The van der Waals surface area contributed by atoms with E-state index in [0.717, 1.165) is 12.7 Å². The highest BCUT2D eigenvalue weighted by Crippen LogP contribution is 2.21. The Kier molecular flexibility index (Phi) is 5.47. The molecule has 1 atom stereocenters. The van der Waals surface area contributed by atoms with Gasteiger partial charge in [-0.05, 0) is 24.0 Å². The molecular formula is C14H23N3O3S. The van der Waals surface area contributed by atoms with Gasteiger partial charge in [0.05, 0.1) is 11.9 Å². The molecule has 0 aliphatic carbocycles. The molecule has 0 aromatic carbocycles. The van der Waals surface area contributed by atoms with Gasteiger partial charge in [0.25, 0.3) is 0 Å². The van der Waals surface area contributed by atoms with Gasteiger partial charge in [-0.1, -0.05) is 20.8 Å². The molecule has 1 aromatic heterocycles. The van der Waals surface area contributed by atoms with Crippen molar-refractivity contribution in [3.05, 3.63) is 18.3 Å². The van der Waals surface area contributed by atoms with E-state index in [1.54, 1.807) is 0 Å². The highest BCUT2D eigenvalue weighted by atomic mass is 32.2. The molecule has 0 aliphatic heterocycles. The van der Waals surface area contributed by atoms with Crippen molar-refractivity contribution in [2.24, 2.45) is 11.1 Å². The number of anilines is 1. The van der Waals surface area contributed by atoms with Crippen molar-refractivity contribution in [2.45, 2.75) is 44.7 Å². The zero-order valence-corrected chi connectivity index (χ0v) is 13.7. The van der Waals surface area contributed by atoms with Crippen LogP contribution in [0.15, 0.2) is 23.4 Å². The summed E-state index contributed by atoms with van der Waals surface area (Å²) < 4.78 is 22.6. The molecule has 21 heavy (non-hydrogen) atoms. The Morgan fingerprint density at radius 2 is 2.00 bits per heavy atom. The van der Waals surface area contributed by atoms with E-state index in [1.165, 1.54) is 18.3 Å². The molecule has 0 bridgehead atoms. The maximum Gasteiger partial charge on any atom is 0.225 e. The van der Waals surface area contributed by atoms with Crippen LogP contribution < -0.4 is 11.1 Å². The van der Waals surface area contributed by atoms with Gasteiger partial charge in [0.2, 0.25) is 5.91 Å². The largest absolute Gasteiger partial charge is 0.327 e. The van der Waals surface area contributed by atoms with Crippen molar-refractivity contribution in [3.8, 4) is 0 Å². The van der Waals surface area contributed by atoms with Gasteiger partial charge >= 0.3 is 0 Å². The maximum absolute atomic E-state index is 11.9. The van der Waals surface area contributed by atoms with Gasteiger partial charge in [0, 0.05) is 18.7 Å². The third kappa shape index (κ3) is 6.68. The number of carbonyl (C=O) groups is 1. The lowest BCUT2D eigenvalue weighted by Gasteiger charge is -2.22. The smallest absolute Gasteiger partial charge is 0.225 e. The SMILES string of the molecule is CC(C)(C)CC(N)CC(=O)Nc1ccc(S(C)(=O)=O)nc1. The van der Waals surface area contributed by atoms with Crippen LogP contribution in [0, 0.1) is 5.41 Å². The van der Waals surface area contributed by atoms with Crippen molar-refractivity contribution in [1.29, 1.82) is 0 Å². The van der Waals surface area contributed by atoms with Crippen molar-refractivity contribution < 1.29 is 13.2 Å². The minimum atomic E-state index is -3.33. The van der Waals surface area contributed by atoms with E-state index in [2.05, 4.69) is 31.1 Å². The Hall–Kier alpha value is -1.47. The molecule has 0 saturated heterocycles. The van der Waals surface area contributed by atoms with Crippen molar-refractivity contribution >= 4 is 21.4 Å². The Balaban J connectivity index is 2.59. The predicted octanol–water partition coefficient (Wildman–Crippen LogP) is 1.58. The lowest BCUT2D eigenvalue weighted by Crippen LogP contribution is -2.31. The molecule has 0 fully saturated rings. The lowest BCUT2D eigenvalue weighted by atomic mass is 9.87. The third-order valence-corrected chi connectivity index (χ3v) is 3.72. The first-order chi connectivity index (χ1) is 9.47. The minimum Gasteiger partial charge on any atom is -0.327 e. The number of hydrogen-bond acceptors (Lipinski definition) is 5.